The topological polar surface area (TPSA) is 121 Å². The Morgan fingerprint density at radius 2 is 1.07 bits per heavy atom. The molecule has 30 heavy (non-hydrogen) atoms. The molecule has 1 aliphatic carbocycles. The van der Waals surface area contributed by atoms with Crippen LogP contribution >= 0.6 is 0 Å². The first-order valence-electron chi connectivity index (χ1n) is 10.4. The van der Waals surface area contributed by atoms with Gasteiger partial charge >= 0.3 is 0 Å². The Morgan fingerprint density at radius 1 is 0.700 bits per heavy atom. The lowest BCUT2D eigenvalue weighted by Gasteiger charge is -2.26. The van der Waals surface area contributed by atoms with Crippen LogP contribution in [0.5, 0.6) is 11.5 Å². The molecule has 6 heteroatoms. The van der Waals surface area contributed by atoms with Crippen LogP contribution in [-0.4, -0.2) is 49.6 Å². The normalized spacial score (nSPS) is 15.3. The second kappa shape index (κ2) is 12.5. The van der Waals surface area contributed by atoms with Crippen LogP contribution in [0.1, 0.15) is 63.5 Å². The summed E-state index contributed by atoms with van der Waals surface area (Å²) in [6, 6.07) is 14.4. The van der Waals surface area contributed by atoms with Gasteiger partial charge < -0.3 is 30.6 Å². The van der Waals surface area contributed by atoms with Crippen molar-refractivity contribution in [3.8, 4) is 11.5 Å². The van der Waals surface area contributed by atoms with Crippen LogP contribution in [0.15, 0.2) is 48.5 Å². The van der Waals surface area contributed by atoms with Crippen LogP contribution in [0, 0.1) is 0 Å². The van der Waals surface area contributed by atoms with Crippen molar-refractivity contribution in [2.24, 2.45) is 0 Å². The van der Waals surface area contributed by atoms with E-state index in [1.165, 1.54) is 0 Å². The predicted molar refractivity (Wildman–Crippen MR) is 117 cm³/mol. The molecule has 2 aromatic carbocycles. The molecule has 0 bridgehead atoms. The number of rotatable bonds is 4. The molecule has 0 aliphatic heterocycles. The Morgan fingerprint density at radius 3 is 1.30 bits per heavy atom. The standard InChI is InChI=1S/C15H16O2.C6H12O2.C3H8O2/c1-15(2,11-3-7-13(16)8-4-11)12-5-9-14(17)10-6-12;7-6(8)4-2-1-3-5-6;4-2-1-3-5/h3-10,16-17H,1-2H3;7-8H,1-5H2;4-5H,1-3H2. The molecule has 0 amide bonds. The number of phenolic OH excluding ortho intramolecular Hbond substituents is 2. The van der Waals surface area contributed by atoms with Gasteiger partial charge in [0.25, 0.3) is 0 Å². The van der Waals surface area contributed by atoms with E-state index in [4.69, 9.17) is 20.4 Å². The maximum absolute atomic E-state index is 9.30. The average Bonchev–Trinajstić information content (AvgIpc) is 2.70. The maximum atomic E-state index is 9.30. The minimum atomic E-state index is -1.32. The van der Waals surface area contributed by atoms with E-state index in [9.17, 15) is 10.2 Å². The second-order valence-electron chi connectivity index (χ2n) is 8.06. The van der Waals surface area contributed by atoms with Gasteiger partial charge in [0.05, 0.1) is 0 Å². The Kier molecular flexibility index (Phi) is 10.8. The molecule has 2 aromatic rings. The summed E-state index contributed by atoms with van der Waals surface area (Å²) in [5.41, 5.74) is 2.10. The molecule has 0 atom stereocenters. The zero-order chi connectivity index (χ0) is 22.6. The second-order valence-corrected chi connectivity index (χ2v) is 8.06. The Labute approximate surface area is 179 Å². The van der Waals surface area contributed by atoms with E-state index in [1.54, 1.807) is 24.3 Å². The lowest BCUT2D eigenvalue weighted by atomic mass is 9.78. The van der Waals surface area contributed by atoms with Gasteiger partial charge in [-0.3, -0.25) is 0 Å². The molecule has 0 aromatic heterocycles. The van der Waals surface area contributed by atoms with Crippen LogP contribution in [0.25, 0.3) is 0 Å². The Balaban J connectivity index is 0.000000286. The van der Waals surface area contributed by atoms with Crippen LogP contribution in [0.4, 0.5) is 0 Å². The van der Waals surface area contributed by atoms with Gasteiger partial charge in [0.15, 0.2) is 5.79 Å². The molecule has 6 N–H and O–H groups in total. The fourth-order valence-corrected chi connectivity index (χ4v) is 3.11. The van der Waals surface area contributed by atoms with E-state index in [-0.39, 0.29) is 30.1 Å². The Hall–Kier alpha value is -2.12. The van der Waals surface area contributed by atoms with Crippen molar-refractivity contribution in [3.05, 3.63) is 59.7 Å². The van der Waals surface area contributed by atoms with Crippen LogP contribution < -0.4 is 0 Å². The van der Waals surface area contributed by atoms with Crippen molar-refractivity contribution in [2.75, 3.05) is 13.2 Å². The van der Waals surface area contributed by atoms with Gasteiger partial charge in [0, 0.05) is 31.5 Å². The van der Waals surface area contributed by atoms with Crippen LogP contribution in [0.2, 0.25) is 0 Å². The molecule has 3 rings (SSSR count). The number of aromatic hydroxyl groups is 2. The summed E-state index contributed by atoms with van der Waals surface area (Å²) in [7, 11) is 0. The predicted octanol–water partition coefficient (Wildman–Crippen LogP) is 3.42. The summed E-state index contributed by atoms with van der Waals surface area (Å²) in [5, 5.41) is 52.3. The minimum Gasteiger partial charge on any atom is -0.508 e. The molecule has 0 radical (unpaired) electrons. The monoisotopic (exact) mass is 420 g/mol. The van der Waals surface area contributed by atoms with Gasteiger partial charge in [0.1, 0.15) is 11.5 Å². The van der Waals surface area contributed by atoms with Gasteiger partial charge in [0.2, 0.25) is 0 Å². The first-order valence-corrected chi connectivity index (χ1v) is 10.4. The lowest BCUT2D eigenvalue weighted by Crippen LogP contribution is -2.30. The van der Waals surface area contributed by atoms with Gasteiger partial charge in [-0.1, -0.05) is 44.5 Å². The number of hydrogen-bond acceptors (Lipinski definition) is 6. The third kappa shape index (κ3) is 9.13. The first-order chi connectivity index (χ1) is 14.1. The zero-order valence-electron chi connectivity index (χ0n) is 18.0. The van der Waals surface area contributed by atoms with Crippen molar-refractivity contribution in [3.63, 3.8) is 0 Å². The van der Waals surface area contributed by atoms with Gasteiger partial charge in [-0.2, -0.15) is 0 Å². The molecular weight excluding hydrogens is 384 g/mol. The largest absolute Gasteiger partial charge is 0.508 e. The molecule has 0 saturated heterocycles. The van der Waals surface area contributed by atoms with Crippen molar-refractivity contribution in [1.82, 2.24) is 0 Å². The summed E-state index contributed by atoms with van der Waals surface area (Å²) in [4.78, 5) is 0. The average molecular weight is 421 g/mol. The highest BCUT2D eigenvalue weighted by molar-refractivity contribution is 5.41. The van der Waals surface area contributed by atoms with Gasteiger partial charge in [-0.25, -0.2) is 0 Å². The molecule has 0 heterocycles. The molecule has 0 spiro atoms. The van der Waals surface area contributed by atoms with E-state index >= 15 is 0 Å². The lowest BCUT2D eigenvalue weighted by molar-refractivity contribution is -0.180. The van der Waals surface area contributed by atoms with E-state index in [1.807, 2.05) is 24.3 Å². The third-order valence-electron chi connectivity index (χ3n) is 5.15. The van der Waals surface area contributed by atoms with Crippen molar-refractivity contribution < 1.29 is 30.6 Å². The van der Waals surface area contributed by atoms with E-state index < -0.39 is 5.79 Å². The van der Waals surface area contributed by atoms with Crippen LogP contribution in [0.3, 0.4) is 0 Å². The number of hydrogen-bond donors (Lipinski definition) is 6. The first kappa shape index (κ1) is 25.9. The van der Waals surface area contributed by atoms with E-state index in [0.29, 0.717) is 19.3 Å². The van der Waals surface area contributed by atoms with Gasteiger partial charge in [-0.15, -0.1) is 0 Å². The minimum absolute atomic E-state index is 0.0938. The van der Waals surface area contributed by atoms with E-state index in [0.717, 1.165) is 30.4 Å². The molecule has 6 nitrogen and oxygen atoms in total. The summed E-state index contributed by atoms with van der Waals surface area (Å²) in [5.74, 6) is -0.774. The van der Waals surface area contributed by atoms with E-state index in [2.05, 4.69) is 13.8 Å². The summed E-state index contributed by atoms with van der Waals surface area (Å²) in [6.07, 6.45) is 4.71. The highest BCUT2D eigenvalue weighted by Gasteiger charge is 2.25. The maximum Gasteiger partial charge on any atom is 0.162 e. The molecule has 1 fully saturated rings. The molecule has 0 unspecified atom stereocenters. The summed E-state index contributed by atoms with van der Waals surface area (Å²) in [6.45, 7) is 4.42. The fraction of sp³-hybridized carbons (Fsp3) is 0.500. The Bertz CT molecular complexity index is 650. The molecule has 1 saturated carbocycles. The molecule has 1 aliphatic rings. The molecule has 168 valence electrons. The zero-order valence-corrected chi connectivity index (χ0v) is 18.0. The van der Waals surface area contributed by atoms with Crippen molar-refractivity contribution in [2.45, 2.75) is 63.6 Å². The van der Waals surface area contributed by atoms with Gasteiger partial charge in [-0.05, 0) is 54.7 Å². The summed E-state index contributed by atoms with van der Waals surface area (Å²) >= 11 is 0. The number of aliphatic hydroxyl groups excluding tert-OH is 2. The highest BCUT2D eigenvalue weighted by Crippen LogP contribution is 2.32. The third-order valence-corrected chi connectivity index (χ3v) is 5.15. The van der Waals surface area contributed by atoms with Crippen molar-refractivity contribution >= 4 is 0 Å². The number of aliphatic hydroxyl groups is 4. The van der Waals surface area contributed by atoms with Crippen molar-refractivity contribution in [1.29, 1.82) is 0 Å². The molecular formula is C24H36O6. The smallest absolute Gasteiger partial charge is 0.162 e. The summed E-state index contributed by atoms with van der Waals surface area (Å²) < 4.78 is 0. The fourth-order valence-electron chi connectivity index (χ4n) is 3.11. The SMILES string of the molecule is CC(C)(c1ccc(O)cc1)c1ccc(O)cc1.OC1(O)CCCCC1.OCCCO. The number of phenols is 2. The number of benzene rings is 2. The quantitative estimate of drug-likeness (QED) is 0.422. The highest BCUT2D eigenvalue weighted by atomic mass is 16.5. The van der Waals surface area contributed by atoms with Crippen LogP contribution in [-0.2, 0) is 5.41 Å².